The number of thiophene rings is 1. The minimum absolute atomic E-state index is 0.0990. The third-order valence-electron chi connectivity index (χ3n) is 2.93. The lowest BCUT2D eigenvalue weighted by Crippen LogP contribution is -2.40. The molecule has 2 heterocycles. The molecular weight excluding hydrogens is 284 g/mol. The summed E-state index contributed by atoms with van der Waals surface area (Å²) in [6, 6.07) is 3.43. The van der Waals surface area contributed by atoms with E-state index in [1.807, 2.05) is 13.0 Å². The molecule has 0 aromatic carbocycles. The first-order valence-corrected chi connectivity index (χ1v) is 8.81. The maximum atomic E-state index is 12.2. The average molecular weight is 304 g/mol. The van der Waals surface area contributed by atoms with Gasteiger partial charge in [0.1, 0.15) is 4.21 Å². The third kappa shape index (κ3) is 4.25. The molecule has 1 fully saturated rings. The van der Waals surface area contributed by atoms with Crippen molar-refractivity contribution in [3.8, 4) is 0 Å². The Labute approximate surface area is 118 Å². The van der Waals surface area contributed by atoms with E-state index in [0.717, 1.165) is 30.9 Å². The molecule has 1 saturated heterocycles. The number of hydrogen-bond donors (Lipinski definition) is 2. The average Bonchev–Trinajstić information content (AvgIpc) is 2.86. The monoisotopic (exact) mass is 304 g/mol. The van der Waals surface area contributed by atoms with Crippen molar-refractivity contribution in [2.45, 2.75) is 36.6 Å². The number of sulfonamides is 1. The summed E-state index contributed by atoms with van der Waals surface area (Å²) in [5.74, 6) is 0. The highest BCUT2D eigenvalue weighted by molar-refractivity contribution is 7.91. The van der Waals surface area contributed by atoms with E-state index in [-0.39, 0.29) is 6.04 Å². The van der Waals surface area contributed by atoms with Gasteiger partial charge in [0.2, 0.25) is 10.0 Å². The Kier molecular flexibility index (Phi) is 5.35. The van der Waals surface area contributed by atoms with Crippen LogP contribution in [0.1, 0.15) is 24.6 Å². The van der Waals surface area contributed by atoms with Crippen molar-refractivity contribution in [2.24, 2.45) is 0 Å². The van der Waals surface area contributed by atoms with Gasteiger partial charge in [-0.05, 0) is 31.5 Å². The molecule has 108 valence electrons. The van der Waals surface area contributed by atoms with Crippen molar-refractivity contribution < 1.29 is 13.2 Å². The van der Waals surface area contributed by atoms with E-state index in [1.54, 1.807) is 6.07 Å². The van der Waals surface area contributed by atoms with Crippen LogP contribution in [0.5, 0.6) is 0 Å². The van der Waals surface area contributed by atoms with Crippen molar-refractivity contribution in [3.05, 3.63) is 17.0 Å². The van der Waals surface area contributed by atoms with Gasteiger partial charge in [-0.3, -0.25) is 0 Å². The molecule has 7 heteroatoms. The van der Waals surface area contributed by atoms with Crippen LogP contribution in [0.3, 0.4) is 0 Å². The number of ether oxygens (including phenoxy) is 1. The molecule has 1 aromatic heterocycles. The summed E-state index contributed by atoms with van der Waals surface area (Å²) in [5.41, 5.74) is 0. The Morgan fingerprint density at radius 1 is 1.47 bits per heavy atom. The van der Waals surface area contributed by atoms with Gasteiger partial charge < -0.3 is 10.1 Å². The van der Waals surface area contributed by atoms with E-state index in [4.69, 9.17) is 4.74 Å². The maximum Gasteiger partial charge on any atom is 0.250 e. The predicted octanol–water partition coefficient (Wildman–Crippen LogP) is 1.31. The molecule has 5 nitrogen and oxygen atoms in total. The second kappa shape index (κ2) is 6.81. The molecule has 1 aliphatic rings. The molecule has 0 bridgehead atoms. The highest BCUT2D eigenvalue weighted by Gasteiger charge is 2.23. The first-order chi connectivity index (χ1) is 9.12. The minimum Gasteiger partial charge on any atom is -0.380 e. The summed E-state index contributed by atoms with van der Waals surface area (Å²) in [6.07, 6.45) is 1.75. The van der Waals surface area contributed by atoms with Gasteiger partial charge in [-0.15, -0.1) is 11.3 Å². The number of nitrogens with one attached hydrogen (secondary N) is 2. The first-order valence-electron chi connectivity index (χ1n) is 6.51. The van der Waals surface area contributed by atoms with Gasteiger partial charge in [0.15, 0.2) is 0 Å². The van der Waals surface area contributed by atoms with Crippen molar-refractivity contribution >= 4 is 21.4 Å². The second-order valence-electron chi connectivity index (χ2n) is 4.54. The van der Waals surface area contributed by atoms with E-state index in [9.17, 15) is 8.42 Å². The zero-order valence-electron chi connectivity index (χ0n) is 11.0. The maximum absolute atomic E-state index is 12.2. The van der Waals surface area contributed by atoms with Crippen LogP contribution >= 0.6 is 11.3 Å². The lowest BCUT2D eigenvalue weighted by molar-refractivity contribution is 0.0774. The SMILES string of the molecule is CCNCc1ccc(S(=O)(=O)NC2CCCOC2)s1. The Bertz CT molecular complexity index is 493. The molecule has 2 N–H and O–H groups in total. The quantitative estimate of drug-likeness (QED) is 0.832. The Hall–Kier alpha value is -0.470. The molecular formula is C12H20N2O3S2. The molecule has 0 saturated carbocycles. The van der Waals surface area contributed by atoms with Crippen LogP contribution in [-0.2, 0) is 21.3 Å². The van der Waals surface area contributed by atoms with Crippen LogP contribution in [0.25, 0.3) is 0 Å². The molecule has 0 amide bonds. The van der Waals surface area contributed by atoms with Crippen molar-refractivity contribution in [2.75, 3.05) is 19.8 Å². The summed E-state index contributed by atoms with van der Waals surface area (Å²) in [4.78, 5) is 1.03. The van der Waals surface area contributed by atoms with Gasteiger partial charge >= 0.3 is 0 Å². The lowest BCUT2D eigenvalue weighted by Gasteiger charge is -2.22. The third-order valence-corrected chi connectivity index (χ3v) is 6.03. The predicted molar refractivity (Wildman–Crippen MR) is 75.9 cm³/mol. The molecule has 19 heavy (non-hydrogen) atoms. The second-order valence-corrected chi connectivity index (χ2v) is 7.65. The molecule has 0 spiro atoms. The van der Waals surface area contributed by atoms with Crippen LogP contribution in [0.2, 0.25) is 0 Å². The zero-order valence-corrected chi connectivity index (χ0v) is 12.6. The van der Waals surface area contributed by atoms with Gasteiger partial charge in [0.25, 0.3) is 0 Å². The molecule has 1 atom stereocenters. The largest absolute Gasteiger partial charge is 0.380 e. The van der Waals surface area contributed by atoms with Crippen LogP contribution in [0, 0.1) is 0 Å². The van der Waals surface area contributed by atoms with E-state index in [0.29, 0.717) is 17.4 Å². The van der Waals surface area contributed by atoms with E-state index in [2.05, 4.69) is 10.0 Å². The summed E-state index contributed by atoms with van der Waals surface area (Å²) in [7, 11) is -3.40. The van der Waals surface area contributed by atoms with E-state index in [1.165, 1.54) is 11.3 Å². The Morgan fingerprint density at radius 2 is 2.32 bits per heavy atom. The molecule has 1 unspecified atom stereocenters. The van der Waals surface area contributed by atoms with Crippen LogP contribution < -0.4 is 10.0 Å². The van der Waals surface area contributed by atoms with Gasteiger partial charge in [-0.1, -0.05) is 6.92 Å². The summed E-state index contributed by atoms with van der Waals surface area (Å²) in [5, 5.41) is 3.19. The van der Waals surface area contributed by atoms with Gasteiger partial charge in [-0.2, -0.15) is 0 Å². The Balaban J connectivity index is 1.99. The van der Waals surface area contributed by atoms with Crippen molar-refractivity contribution in [1.29, 1.82) is 0 Å². The first kappa shape index (κ1) is 14.9. The van der Waals surface area contributed by atoms with Gasteiger partial charge in [-0.25, -0.2) is 13.1 Å². The fourth-order valence-corrected chi connectivity index (χ4v) is 4.55. The minimum atomic E-state index is -3.40. The van der Waals surface area contributed by atoms with E-state index < -0.39 is 10.0 Å². The van der Waals surface area contributed by atoms with Crippen molar-refractivity contribution in [1.82, 2.24) is 10.0 Å². The highest BCUT2D eigenvalue weighted by atomic mass is 32.2. The van der Waals surface area contributed by atoms with Gasteiger partial charge in [0, 0.05) is 24.1 Å². The number of rotatable bonds is 6. The molecule has 0 radical (unpaired) electrons. The van der Waals surface area contributed by atoms with Crippen molar-refractivity contribution in [3.63, 3.8) is 0 Å². The molecule has 1 aromatic rings. The number of hydrogen-bond acceptors (Lipinski definition) is 5. The summed E-state index contributed by atoms with van der Waals surface area (Å²) in [6.45, 7) is 4.80. The molecule has 1 aliphatic heterocycles. The topological polar surface area (TPSA) is 67.4 Å². The van der Waals surface area contributed by atoms with E-state index >= 15 is 0 Å². The lowest BCUT2D eigenvalue weighted by atomic mass is 10.1. The summed E-state index contributed by atoms with van der Waals surface area (Å²) < 4.78 is 32.8. The summed E-state index contributed by atoms with van der Waals surface area (Å²) >= 11 is 1.31. The van der Waals surface area contributed by atoms with Gasteiger partial charge in [0.05, 0.1) is 6.61 Å². The normalized spacial score (nSPS) is 20.6. The highest BCUT2D eigenvalue weighted by Crippen LogP contribution is 2.22. The fraction of sp³-hybridized carbons (Fsp3) is 0.667. The van der Waals surface area contributed by atoms with Crippen LogP contribution in [0.4, 0.5) is 0 Å². The molecule has 0 aliphatic carbocycles. The van der Waals surface area contributed by atoms with Crippen LogP contribution in [0.15, 0.2) is 16.3 Å². The Morgan fingerprint density at radius 3 is 3.00 bits per heavy atom. The fourth-order valence-electron chi connectivity index (χ4n) is 1.96. The standard InChI is InChI=1S/C12H20N2O3S2/c1-2-13-8-11-5-6-12(18-11)19(15,16)14-10-4-3-7-17-9-10/h5-6,10,13-14H,2-4,7-9H2,1H3. The zero-order chi connectivity index (χ0) is 13.7. The smallest absolute Gasteiger partial charge is 0.250 e. The molecule has 2 rings (SSSR count). The van der Waals surface area contributed by atoms with Crippen LogP contribution in [-0.4, -0.2) is 34.2 Å².